The van der Waals surface area contributed by atoms with Crippen LogP contribution in [0.4, 0.5) is 0 Å². The SMILES string of the molecule is OBO.c1cnc2c(c1)ccc1[nH]c3ccccc3c12. The quantitative estimate of drug-likeness (QED) is 0.426. The van der Waals surface area contributed by atoms with Crippen molar-refractivity contribution in [1.82, 2.24) is 9.97 Å². The monoisotopic (exact) mass is 264 g/mol. The van der Waals surface area contributed by atoms with Gasteiger partial charge in [-0.05, 0) is 18.2 Å². The average Bonchev–Trinajstić information content (AvgIpc) is 2.87. The predicted octanol–water partition coefficient (Wildman–Crippen LogP) is 2.11. The van der Waals surface area contributed by atoms with Gasteiger partial charge in [0.2, 0.25) is 0 Å². The third-order valence-corrected chi connectivity index (χ3v) is 3.24. The number of para-hydroxylation sites is 1. The summed E-state index contributed by atoms with van der Waals surface area (Å²) >= 11 is 0. The molecule has 5 heteroatoms. The van der Waals surface area contributed by atoms with Gasteiger partial charge in [0.25, 0.3) is 0 Å². The molecule has 2 aromatic carbocycles. The molecule has 2 aromatic heterocycles. The van der Waals surface area contributed by atoms with Crippen LogP contribution in [0, 0.1) is 0 Å². The summed E-state index contributed by atoms with van der Waals surface area (Å²) < 4.78 is 0. The number of nitrogens with one attached hydrogen (secondary N) is 1. The molecule has 0 aliphatic heterocycles. The highest BCUT2D eigenvalue weighted by Crippen LogP contribution is 2.30. The second-order valence-corrected chi connectivity index (χ2v) is 4.38. The summed E-state index contributed by atoms with van der Waals surface area (Å²) in [5.41, 5.74) is 3.39. The second kappa shape index (κ2) is 5.32. The van der Waals surface area contributed by atoms with Crippen molar-refractivity contribution in [2.45, 2.75) is 0 Å². The van der Waals surface area contributed by atoms with Gasteiger partial charge in [-0.1, -0.05) is 30.3 Å². The lowest BCUT2D eigenvalue weighted by Gasteiger charge is -1.98. The fraction of sp³-hybridized carbons (Fsp3) is 0. The van der Waals surface area contributed by atoms with E-state index in [2.05, 4.69) is 46.4 Å². The van der Waals surface area contributed by atoms with E-state index in [-0.39, 0.29) is 0 Å². The van der Waals surface area contributed by atoms with Gasteiger partial charge in [-0.3, -0.25) is 4.98 Å². The molecule has 4 rings (SSSR count). The molecule has 0 spiro atoms. The van der Waals surface area contributed by atoms with Crippen LogP contribution in [0.25, 0.3) is 32.7 Å². The average molecular weight is 264 g/mol. The second-order valence-electron chi connectivity index (χ2n) is 4.38. The van der Waals surface area contributed by atoms with Crippen LogP contribution in [0.2, 0.25) is 0 Å². The summed E-state index contributed by atoms with van der Waals surface area (Å²) in [6.07, 6.45) is 1.85. The summed E-state index contributed by atoms with van der Waals surface area (Å²) in [5, 5.41) is 17.9. The topological polar surface area (TPSA) is 69.1 Å². The third kappa shape index (κ3) is 2.03. The molecule has 20 heavy (non-hydrogen) atoms. The van der Waals surface area contributed by atoms with Crippen molar-refractivity contribution in [3.05, 3.63) is 54.7 Å². The molecule has 98 valence electrons. The Morgan fingerprint density at radius 2 is 1.70 bits per heavy atom. The first-order valence-electron chi connectivity index (χ1n) is 6.31. The van der Waals surface area contributed by atoms with Crippen LogP contribution in [0.5, 0.6) is 0 Å². The fourth-order valence-electron chi connectivity index (χ4n) is 2.48. The molecular formula is C15H13BN2O2. The van der Waals surface area contributed by atoms with Crippen molar-refractivity contribution in [2.75, 3.05) is 0 Å². The maximum atomic E-state index is 7.12. The van der Waals surface area contributed by atoms with Gasteiger partial charge in [0.05, 0.1) is 5.52 Å². The van der Waals surface area contributed by atoms with Gasteiger partial charge in [0.1, 0.15) is 0 Å². The number of nitrogens with zero attached hydrogens (tertiary/aromatic N) is 1. The number of pyridine rings is 1. The van der Waals surface area contributed by atoms with Gasteiger partial charge in [0, 0.05) is 33.4 Å². The Balaban J connectivity index is 0.000000373. The number of aromatic nitrogens is 2. The van der Waals surface area contributed by atoms with Crippen molar-refractivity contribution in [3.8, 4) is 0 Å². The first-order chi connectivity index (χ1) is 9.85. The van der Waals surface area contributed by atoms with Crippen molar-refractivity contribution >= 4 is 40.4 Å². The molecule has 2 heterocycles. The fourth-order valence-corrected chi connectivity index (χ4v) is 2.48. The molecule has 0 aliphatic carbocycles. The van der Waals surface area contributed by atoms with E-state index in [0.29, 0.717) is 0 Å². The predicted molar refractivity (Wildman–Crippen MR) is 82.7 cm³/mol. The van der Waals surface area contributed by atoms with Crippen molar-refractivity contribution in [1.29, 1.82) is 0 Å². The summed E-state index contributed by atoms with van der Waals surface area (Å²) in [6.45, 7) is 0. The summed E-state index contributed by atoms with van der Waals surface area (Å²) in [6, 6.07) is 16.7. The number of aromatic amines is 1. The van der Waals surface area contributed by atoms with Crippen LogP contribution in [0.1, 0.15) is 0 Å². The lowest BCUT2D eigenvalue weighted by Crippen LogP contribution is -1.78. The first-order valence-corrected chi connectivity index (χ1v) is 6.31. The van der Waals surface area contributed by atoms with Gasteiger partial charge in [-0.15, -0.1) is 0 Å². The Bertz CT molecular complexity index is 867. The zero-order valence-corrected chi connectivity index (χ0v) is 10.7. The summed E-state index contributed by atoms with van der Waals surface area (Å²) in [7, 11) is -0.750. The number of hydrogen-bond acceptors (Lipinski definition) is 3. The van der Waals surface area contributed by atoms with Crippen LogP contribution in [0.15, 0.2) is 54.7 Å². The molecular weight excluding hydrogens is 251 g/mol. The molecule has 4 aromatic rings. The van der Waals surface area contributed by atoms with Crippen LogP contribution in [-0.4, -0.2) is 27.7 Å². The number of benzene rings is 2. The van der Waals surface area contributed by atoms with E-state index >= 15 is 0 Å². The zero-order chi connectivity index (χ0) is 13.9. The van der Waals surface area contributed by atoms with Gasteiger partial charge in [-0.2, -0.15) is 0 Å². The molecule has 0 bridgehead atoms. The minimum atomic E-state index is -0.750. The van der Waals surface area contributed by atoms with Crippen molar-refractivity contribution < 1.29 is 10.0 Å². The van der Waals surface area contributed by atoms with Crippen LogP contribution >= 0.6 is 0 Å². The molecule has 0 amide bonds. The Kier molecular flexibility index (Phi) is 3.37. The smallest absolute Gasteiger partial charge is 0.430 e. The minimum Gasteiger partial charge on any atom is -0.430 e. The molecule has 3 N–H and O–H groups in total. The number of rotatable bonds is 0. The maximum Gasteiger partial charge on any atom is 0.432 e. The van der Waals surface area contributed by atoms with Crippen LogP contribution in [-0.2, 0) is 0 Å². The van der Waals surface area contributed by atoms with E-state index in [0.717, 1.165) is 11.0 Å². The van der Waals surface area contributed by atoms with Gasteiger partial charge in [-0.25, -0.2) is 0 Å². The Morgan fingerprint density at radius 1 is 0.900 bits per heavy atom. The Morgan fingerprint density at radius 3 is 2.55 bits per heavy atom. The Hall–Kier alpha value is -2.37. The van der Waals surface area contributed by atoms with E-state index in [9.17, 15) is 0 Å². The molecule has 0 fully saturated rings. The molecule has 4 nitrogen and oxygen atoms in total. The zero-order valence-electron chi connectivity index (χ0n) is 10.7. The first kappa shape index (κ1) is 12.7. The highest BCUT2D eigenvalue weighted by atomic mass is 16.4. The van der Waals surface area contributed by atoms with Crippen molar-refractivity contribution in [3.63, 3.8) is 0 Å². The molecule has 0 saturated carbocycles. The Labute approximate surface area is 116 Å². The van der Waals surface area contributed by atoms with Crippen LogP contribution in [0.3, 0.4) is 0 Å². The van der Waals surface area contributed by atoms with Gasteiger partial charge < -0.3 is 15.0 Å². The van der Waals surface area contributed by atoms with Crippen molar-refractivity contribution in [2.24, 2.45) is 0 Å². The van der Waals surface area contributed by atoms with E-state index in [1.807, 2.05) is 18.3 Å². The maximum absolute atomic E-state index is 7.12. The third-order valence-electron chi connectivity index (χ3n) is 3.24. The molecule has 0 aliphatic rings. The lowest BCUT2D eigenvalue weighted by atomic mass is 10.1. The number of fused-ring (bicyclic) bond motifs is 5. The van der Waals surface area contributed by atoms with Gasteiger partial charge in [0.15, 0.2) is 0 Å². The molecule has 0 saturated heterocycles. The standard InChI is InChI=1S/C15H10N2.BH3O2/c1-2-6-12-11(5-1)14-13(17-12)8-7-10-4-3-9-16-15(10)14;2-1-3/h1-9,17H;1-3H. The minimum absolute atomic E-state index is 0.750. The lowest BCUT2D eigenvalue weighted by molar-refractivity contribution is 0.448. The van der Waals surface area contributed by atoms with E-state index < -0.39 is 7.69 Å². The number of hydrogen-bond donors (Lipinski definition) is 3. The highest BCUT2D eigenvalue weighted by Gasteiger charge is 2.07. The molecule has 0 radical (unpaired) electrons. The summed E-state index contributed by atoms with van der Waals surface area (Å²) in [5.74, 6) is 0. The molecule has 0 atom stereocenters. The normalized spacial score (nSPS) is 10.5. The van der Waals surface area contributed by atoms with E-state index in [1.165, 1.54) is 21.7 Å². The largest absolute Gasteiger partial charge is 0.432 e. The van der Waals surface area contributed by atoms with E-state index in [4.69, 9.17) is 10.0 Å². The van der Waals surface area contributed by atoms with E-state index in [1.54, 1.807) is 0 Å². The van der Waals surface area contributed by atoms with Gasteiger partial charge >= 0.3 is 7.69 Å². The number of H-pyrrole nitrogens is 1. The molecule has 0 unspecified atom stereocenters. The van der Waals surface area contributed by atoms with Crippen LogP contribution < -0.4 is 0 Å². The summed E-state index contributed by atoms with van der Waals surface area (Å²) in [4.78, 5) is 7.94. The highest BCUT2D eigenvalue weighted by molar-refractivity contribution is 6.18.